The lowest BCUT2D eigenvalue weighted by atomic mass is 10.1. The molecule has 0 bridgehead atoms. The molecule has 1 unspecified atom stereocenters. The van der Waals surface area contributed by atoms with Crippen LogP contribution in [0.25, 0.3) is 0 Å². The molecule has 0 radical (unpaired) electrons. The summed E-state index contributed by atoms with van der Waals surface area (Å²) in [7, 11) is 4.04. The van der Waals surface area contributed by atoms with Crippen molar-refractivity contribution in [2.45, 2.75) is 5.92 Å². The van der Waals surface area contributed by atoms with Crippen molar-refractivity contribution >= 4 is 27.3 Å². The van der Waals surface area contributed by atoms with E-state index in [9.17, 15) is 5.11 Å². The number of rotatable bonds is 4. The Labute approximate surface area is 91.3 Å². The van der Waals surface area contributed by atoms with Crippen molar-refractivity contribution in [1.29, 1.82) is 0 Å². The number of thiophene rings is 1. The minimum absolute atomic E-state index is 0.213. The highest BCUT2D eigenvalue weighted by atomic mass is 79.9. The summed E-state index contributed by atoms with van der Waals surface area (Å²) in [6.07, 6.45) is 0. The van der Waals surface area contributed by atoms with Gasteiger partial charge in [-0.1, -0.05) is 0 Å². The second kappa shape index (κ2) is 5.10. The highest BCUT2D eigenvalue weighted by Gasteiger charge is 2.13. The molecule has 4 heteroatoms. The molecule has 1 atom stereocenters. The first kappa shape index (κ1) is 11.2. The largest absolute Gasteiger partial charge is 0.396 e. The Morgan fingerprint density at radius 3 is 2.62 bits per heavy atom. The molecule has 0 amide bonds. The average Bonchev–Trinajstić information content (AvgIpc) is 2.47. The van der Waals surface area contributed by atoms with E-state index in [0.29, 0.717) is 0 Å². The molecule has 13 heavy (non-hydrogen) atoms. The Morgan fingerprint density at radius 1 is 1.54 bits per heavy atom. The molecule has 1 N–H and O–H groups in total. The third-order valence-corrected chi connectivity index (χ3v) is 3.59. The van der Waals surface area contributed by atoms with Gasteiger partial charge in [-0.2, -0.15) is 0 Å². The predicted octanol–water partition coefficient (Wildman–Crippen LogP) is 2.15. The molecule has 1 aromatic rings. The van der Waals surface area contributed by atoms with Crippen molar-refractivity contribution < 1.29 is 5.11 Å². The third kappa shape index (κ3) is 3.38. The SMILES string of the molecule is CN(C)CC(CO)c1ccc(Br)s1. The lowest BCUT2D eigenvalue weighted by Crippen LogP contribution is -2.21. The van der Waals surface area contributed by atoms with Gasteiger partial charge >= 0.3 is 0 Å². The van der Waals surface area contributed by atoms with Gasteiger partial charge in [-0.25, -0.2) is 0 Å². The zero-order valence-electron chi connectivity index (χ0n) is 7.83. The lowest BCUT2D eigenvalue weighted by molar-refractivity contribution is 0.236. The molecule has 0 saturated heterocycles. The van der Waals surface area contributed by atoms with Crippen LogP contribution in [-0.2, 0) is 0 Å². The first-order valence-corrected chi connectivity index (χ1v) is 5.75. The predicted molar refractivity (Wildman–Crippen MR) is 60.4 cm³/mol. The van der Waals surface area contributed by atoms with Crippen LogP contribution in [0.3, 0.4) is 0 Å². The molecule has 1 aromatic heterocycles. The summed E-state index contributed by atoms with van der Waals surface area (Å²) in [5, 5.41) is 9.20. The quantitative estimate of drug-likeness (QED) is 0.900. The Morgan fingerprint density at radius 2 is 2.23 bits per heavy atom. The molecule has 1 heterocycles. The number of hydrogen-bond acceptors (Lipinski definition) is 3. The van der Waals surface area contributed by atoms with Crippen LogP contribution in [0.5, 0.6) is 0 Å². The van der Waals surface area contributed by atoms with Crippen molar-refractivity contribution in [1.82, 2.24) is 4.90 Å². The van der Waals surface area contributed by atoms with Crippen molar-refractivity contribution in [2.75, 3.05) is 27.2 Å². The summed E-state index contributed by atoms with van der Waals surface area (Å²) in [4.78, 5) is 3.33. The van der Waals surface area contributed by atoms with Gasteiger partial charge in [-0.15, -0.1) is 11.3 Å². The number of hydrogen-bond donors (Lipinski definition) is 1. The Balaban J connectivity index is 2.66. The summed E-state index contributed by atoms with van der Waals surface area (Å²) in [5.41, 5.74) is 0. The van der Waals surface area contributed by atoms with E-state index in [4.69, 9.17) is 0 Å². The molecule has 1 rings (SSSR count). The van der Waals surface area contributed by atoms with Crippen molar-refractivity contribution in [3.05, 3.63) is 20.8 Å². The standard InChI is InChI=1S/C9H14BrNOS/c1-11(2)5-7(6-12)8-3-4-9(10)13-8/h3-4,7,12H,5-6H2,1-2H3. The molecule has 0 aliphatic carbocycles. The summed E-state index contributed by atoms with van der Waals surface area (Å²) < 4.78 is 1.12. The number of aliphatic hydroxyl groups excluding tert-OH is 1. The zero-order chi connectivity index (χ0) is 9.84. The highest BCUT2D eigenvalue weighted by Crippen LogP contribution is 2.28. The van der Waals surface area contributed by atoms with E-state index in [0.717, 1.165) is 10.3 Å². The van der Waals surface area contributed by atoms with Gasteiger partial charge in [0.15, 0.2) is 0 Å². The average molecular weight is 264 g/mol. The van der Waals surface area contributed by atoms with Crippen LogP contribution < -0.4 is 0 Å². The maximum Gasteiger partial charge on any atom is 0.0701 e. The summed E-state index contributed by atoms with van der Waals surface area (Å²) >= 11 is 5.11. The number of likely N-dealkylation sites (N-methyl/N-ethyl adjacent to an activating group) is 1. The maximum absolute atomic E-state index is 9.20. The fourth-order valence-corrected chi connectivity index (χ4v) is 2.73. The van der Waals surface area contributed by atoms with E-state index in [1.165, 1.54) is 4.88 Å². The van der Waals surface area contributed by atoms with Gasteiger partial charge in [-0.05, 0) is 42.2 Å². The lowest BCUT2D eigenvalue weighted by Gasteiger charge is -2.17. The van der Waals surface area contributed by atoms with E-state index in [1.807, 2.05) is 20.2 Å². The van der Waals surface area contributed by atoms with Gasteiger partial charge in [0.2, 0.25) is 0 Å². The van der Waals surface area contributed by atoms with Crippen LogP contribution in [0.15, 0.2) is 15.9 Å². The molecule has 0 fully saturated rings. The van der Waals surface area contributed by atoms with Crippen LogP contribution in [0.2, 0.25) is 0 Å². The van der Waals surface area contributed by atoms with Crippen LogP contribution in [0.4, 0.5) is 0 Å². The Hall–Kier alpha value is 0.1000. The minimum Gasteiger partial charge on any atom is -0.396 e. The maximum atomic E-state index is 9.20. The Bertz CT molecular complexity index is 262. The van der Waals surface area contributed by atoms with Crippen molar-refractivity contribution in [3.8, 4) is 0 Å². The molecular formula is C9H14BrNOS. The molecular weight excluding hydrogens is 250 g/mol. The molecule has 0 aromatic carbocycles. The summed E-state index contributed by atoms with van der Waals surface area (Å²) in [6, 6.07) is 4.09. The van der Waals surface area contributed by atoms with Crippen LogP contribution in [0, 0.1) is 0 Å². The first-order chi connectivity index (χ1) is 6.13. The van der Waals surface area contributed by atoms with Gasteiger partial charge < -0.3 is 10.0 Å². The molecule has 0 spiro atoms. The second-order valence-electron chi connectivity index (χ2n) is 3.28. The van der Waals surface area contributed by atoms with Crippen molar-refractivity contribution in [3.63, 3.8) is 0 Å². The van der Waals surface area contributed by atoms with E-state index in [1.54, 1.807) is 11.3 Å². The monoisotopic (exact) mass is 263 g/mol. The number of nitrogens with zero attached hydrogens (tertiary/aromatic N) is 1. The summed E-state index contributed by atoms with van der Waals surface area (Å²) in [5.74, 6) is 0.242. The van der Waals surface area contributed by atoms with E-state index in [-0.39, 0.29) is 12.5 Å². The van der Waals surface area contributed by atoms with Gasteiger partial charge in [0.05, 0.1) is 10.4 Å². The second-order valence-corrected chi connectivity index (χ2v) is 5.78. The number of aliphatic hydroxyl groups is 1. The normalized spacial score (nSPS) is 13.6. The highest BCUT2D eigenvalue weighted by molar-refractivity contribution is 9.11. The Kier molecular flexibility index (Phi) is 4.38. The zero-order valence-corrected chi connectivity index (χ0v) is 10.2. The fourth-order valence-electron chi connectivity index (χ4n) is 1.23. The van der Waals surface area contributed by atoms with Crippen LogP contribution in [0.1, 0.15) is 10.8 Å². The first-order valence-electron chi connectivity index (χ1n) is 4.14. The minimum atomic E-state index is 0.213. The van der Waals surface area contributed by atoms with E-state index >= 15 is 0 Å². The molecule has 0 aliphatic rings. The van der Waals surface area contributed by atoms with Crippen LogP contribution >= 0.6 is 27.3 Å². The topological polar surface area (TPSA) is 23.5 Å². The number of halogens is 1. The van der Waals surface area contributed by atoms with E-state index in [2.05, 4.69) is 26.9 Å². The van der Waals surface area contributed by atoms with Gasteiger partial charge in [-0.3, -0.25) is 0 Å². The van der Waals surface area contributed by atoms with Gasteiger partial charge in [0, 0.05) is 17.3 Å². The molecule has 0 saturated carbocycles. The third-order valence-electron chi connectivity index (χ3n) is 1.80. The molecule has 0 aliphatic heterocycles. The summed E-state index contributed by atoms with van der Waals surface area (Å²) in [6.45, 7) is 1.11. The van der Waals surface area contributed by atoms with Gasteiger partial charge in [0.25, 0.3) is 0 Å². The van der Waals surface area contributed by atoms with Crippen LogP contribution in [-0.4, -0.2) is 37.3 Å². The smallest absolute Gasteiger partial charge is 0.0701 e. The van der Waals surface area contributed by atoms with Crippen molar-refractivity contribution in [2.24, 2.45) is 0 Å². The van der Waals surface area contributed by atoms with E-state index < -0.39 is 0 Å². The van der Waals surface area contributed by atoms with Gasteiger partial charge in [0.1, 0.15) is 0 Å². The molecule has 2 nitrogen and oxygen atoms in total. The molecule has 74 valence electrons. The fraction of sp³-hybridized carbons (Fsp3) is 0.556.